The maximum absolute atomic E-state index is 13.2. The monoisotopic (exact) mass is 338 g/mol. The van der Waals surface area contributed by atoms with Crippen molar-refractivity contribution in [3.8, 4) is 5.75 Å². The van der Waals surface area contributed by atoms with E-state index in [0.717, 1.165) is 11.8 Å². The molecule has 0 saturated carbocycles. The van der Waals surface area contributed by atoms with Crippen molar-refractivity contribution in [2.45, 2.75) is 6.92 Å². The number of hydrogen-bond acceptors (Lipinski definition) is 3. The number of pyridine rings is 1. The molecule has 4 nitrogen and oxygen atoms in total. The highest BCUT2D eigenvalue weighted by Gasteiger charge is 2.14. The van der Waals surface area contributed by atoms with Crippen molar-refractivity contribution in [1.82, 2.24) is 4.98 Å². The number of carbonyl (C=O) groups is 1. The van der Waals surface area contributed by atoms with Gasteiger partial charge in [0, 0.05) is 10.2 Å². The molecule has 0 unspecified atom stereocenters. The normalized spacial score (nSPS) is 10.2. The van der Waals surface area contributed by atoms with Gasteiger partial charge in [0.15, 0.2) is 11.6 Å². The first kappa shape index (κ1) is 14.5. The van der Waals surface area contributed by atoms with E-state index in [9.17, 15) is 9.18 Å². The average molecular weight is 339 g/mol. The van der Waals surface area contributed by atoms with Gasteiger partial charge in [-0.2, -0.15) is 0 Å². The van der Waals surface area contributed by atoms with Crippen LogP contribution in [0.5, 0.6) is 5.75 Å². The van der Waals surface area contributed by atoms with Crippen LogP contribution in [0.4, 0.5) is 10.2 Å². The van der Waals surface area contributed by atoms with E-state index >= 15 is 0 Å². The molecule has 0 fully saturated rings. The minimum atomic E-state index is -0.484. The molecule has 0 aliphatic carbocycles. The number of aryl methyl sites for hydroxylation is 1. The molecule has 1 heterocycles. The molecule has 0 atom stereocenters. The molecule has 0 saturated heterocycles. The second-order valence-electron chi connectivity index (χ2n) is 4.08. The van der Waals surface area contributed by atoms with Crippen molar-refractivity contribution in [3.63, 3.8) is 0 Å². The summed E-state index contributed by atoms with van der Waals surface area (Å²) >= 11 is 3.22. The zero-order chi connectivity index (χ0) is 14.7. The standard InChI is InChI=1S/C14H12BrFN2O2/c1-8-3-6-12(20-2)13(17-8)18-14(19)10-7-9(16)4-5-11(10)15/h3-7H,1-2H3,(H,17,18,19). The zero-order valence-corrected chi connectivity index (χ0v) is 12.5. The van der Waals surface area contributed by atoms with Crippen LogP contribution in [0.15, 0.2) is 34.8 Å². The van der Waals surface area contributed by atoms with E-state index in [0.29, 0.717) is 16.0 Å². The van der Waals surface area contributed by atoms with Gasteiger partial charge in [-0.25, -0.2) is 9.37 Å². The molecule has 2 aromatic rings. The topological polar surface area (TPSA) is 51.2 Å². The number of carbonyl (C=O) groups excluding carboxylic acids is 1. The van der Waals surface area contributed by atoms with Crippen molar-refractivity contribution in [2.24, 2.45) is 0 Å². The number of methoxy groups -OCH3 is 1. The van der Waals surface area contributed by atoms with Gasteiger partial charge in [-0.1, -0.05) is 0 Å². The maximum atomic E-state index is 13.2. The fourth-order valence-electron chi connectivity index (χ4n) is 1.64. The number of rotatable bonds is 3. The largest absolute Gasteiger partial charge is 0.493 e. The summed E-state index contributed by atoms with van der Waals surface area (Å²) in [5, 5.41) is 2.61. The number of nitrogens with one attached hydrogen (secondary N) is 1. The van der Waals surface area contributed by atoms with E-state index in [2.05, 4.69) is 26.2 Å². The van der Waals surface area contributed by atoms with Crippen LogP contribution in [0.3, 0.4) is 0 Å². The number of nitrogens with zero attached hydrogens (tertiary/aromatic N) is 1. The third-order valence-corrected chi connectivity index (χ3v) is 3.31. The van der Waals surface area contributed by atoms with Crippen molar-refractivity contribution >= 4 is 27.7 Å². The highest BCUT2D eigenvalue weighted by Crippen LogP contribution is 2.24. The Morgan fingerprint density at radius 3 is 2.80 bits per heavy atom. The maximum Gasteiger partial charge on any atom is 0.258 e. The first-order chi connectivity index (χ1) is 9.51. The van der Waals surface area contributed by atoms with Gasteiger partial charge in [-0.15, -0.1) is 0 Å². The Hall–Kier alpha value is -1.95. The summed E-state index contributed by atoms with van der Waals surface area (Å²) in [4.78, 5) is 16.4. The Kier molecular flexibility index (Phi) is 4.34. The zero-order valence-electron chi connectivity index (χ0n) is 10.9. The fraction of sp³-hybridized carbons (Fsp3) is 0.143. The first-order valence-corrected chi connectivity index (χ1v) is 6.58. The average Bonchev–Trinajstić information content (AvgIpc) is 2.41. The minimum Gasteiger partial charge on any atom is -0.493 e. The molecule has 1 aromatic heterocycles. The highest BCUT2D eigenvalue weighted by molar-refractivity contribution is 9.10. The van der Waals surface area contributed by atoms with E-state index in [4.69, 9.17) is 4.74 Å². The third kappa shape index (κ3) is 3.14. The van der Waals surface area contributed by atoms with Crippen LogP contribution in [0.2, 0.25) is 0 Å². The SMILES string of the molecule is COc1ccc(C)nc1NC(=O)c1cc(F)ccc1Br. The molecule has 1 N–H and O–H groups in total. The van der Waals surface area contributed by atoms with Gasteiger partial charge in [0.1, 0.15) is 5.82 Å². The van der Waals surface area contributed by atoms with Crippen molar-refractivity contribution in [3.05, 3.63) is 51.9 Å². The number of amides is 1. The second kappa shape index (κ2) is 6.00. The molecule has 2 rings (SSSR count). The number of benzene rings is 1. The molecule has 1 aromatic carbocycles. The van der Waals surface area contributed by atoms with Crippen LogP contribution in [0, 0.1) is 12.7 Å². The molecule has 104 valence electrons. The van der Waals surface area contributed by atoms with Gasteiger partial charge in [0.2, 0.25) is 0 Å². The summed E-state index contributed by atoms with van der Waals surface area (Å²) in [5.74, 6) is -0.208. The Balaban J connectivity index is 2.32. The summed E-state index contributed by atoms with van der Waals surface area (Å²) < 4.78 is 18.8. The van der Waals surface area contributed by atoms with Crippen LogP contribution in [-0.2, 0) is 0 Å². The Morgan fingerprint density at radius 1 is 1.35 bits per heavy atom. The van der Waals surface area contributed by atoms with E-state index in [1.54, 1.807) is 19.1 Å². The number of aromatic nitrogens is 1. The Labute approximate surface area is 124 Å². The summed E-state index contributed by atoms with van der Waals surface area (Å²) in [5.41, 5.74) is 0.926. The van der Waals surface area contributed by atoms with E-state index in [1.165, 1.54) is 19.2 Å². The lowest BCUT2D eigenvalue weighted by Gasteiger charge is -2.10. The van der Waals surface area contributed by atoms with Crippen molar-refractivity contribution in [1.29, 1.82) is 0 Å². The number of hydrogen-bond donors (Lipinski definition) is 1. The lowest BCUT2D eigenvalue weighted by molar-refractivity contribution is 0.102. The highest BCUT2D eigenvalue weighted by atomic mass is 79.9. The first-order valence-electron chi connectivity index (χ1n) is 5.79. The van der Waals surface area contributed by atoms with Crippen LogP contribution in [0.1, 0.15) is 16.1 Å². The van der Waals surface area contributed by atoms with Crippen molar-refractivity contribution < 1.29 is 13.9 Å². The number of anilines is 1. The number of ether oxygens (including phenoxy) is 1. The molecular weight excluding hydrogens is 327 g/mol. The van der Waals surface area contributed by atoms with Gasteiger partial charge < -0.3 is 10.1 Å². The third-order valence-electron chi connectivity index (χ3n) is 2.62. The quantitative estimate of drug-likeness (QED) is 0.930. The van der Waals surface area contributed by atoms with Crippen LogP contribution >= 0.6 is 15.9 Å². The van der Waals surface area contributed by atoms with Crippen LogP contribution in [-0.4, -0.2) is 18.0 Å². The summed E-state index contributed by atoms with van der Waals surface area (Å²) in [7, 11) is 1.49. The van der Waals surface area contributed by atoms with Crippen molar-refractivity contribution in [2.75, 3.05) is 12.4 Å². The lowest BCUT2D eigenvalue weighted by atomic mass is 10.2. The van der Waals surface area contributed by atoms with Gasteiger partial charge in [-0.3, -0.25) is 4.79 Å². The second-order valence-corrected chi connectivity index (χ2v) is 4.94. The van der Waals surface area contributed by atoms with E-state index in [1.807, 2.05) is 0 Å². The molecule has 1 amide bonds. The van der Waals surface area contributed by atoms with Gasteiger partial charge in [0.05, 0.1) is 12.7 Å². The van der Waals surface area contributed by atoms with Crippen LogP contribution < -0.4 is 10.1 Å². The smallest absolute Gasteiger partial charge is 0.258 e. The van der Waals surface area contributed by atoms with Gasteiger partial charge in [-0.05, 0) is 53.2 Å². The Bertz CT molecular complexity index is 662. The summed E-state index contributed by atoms with van der Waals surface area (Å²) in [6, 6.07) is 7.38. The van der Waals surface area contributed by atoms with Crippen LogP contribution in [0.25, 0.3) is 0 Å². The Morgan fingerprint density at radius 2 is 2.10 bits per heavy atom. The van der Waals surface area contributed by atoms with Gasteiger partial charge in [0.25, 0.3) is 5.91 Å². The molecular formula is C14H12BrFN2O2. The molecule has 0 radical (unpaired) electrons. The predicted molar refractivity (Wildman–Crippen MR) is 77.6 cm³/mol. The van der Waals surface area contributed by atoms with E-state index in [-0.39, 0.29) is 5.56 Å². The molecule has 0 spiro atoms. The fourth-order valence-corrected chi connectivity index (χ4v) is 2.07. The predicted octanol–water partition coefficient (Wildman–Crippen LogP) is 3.55. The minimum absolute atomic E-state index is 0.190. The lowest BCUT2D eigenvalue weighted by Crippen LogP contribution is -2.15. The molecule has 0 bridgehead atoms. The van der Waals surface area contributed by atoms with E-state index < -0.39 is 11.7 Å². The van der Waals surface area contributed by atoms with Gasteiger partial charge >= 0.3 is 0 Å². The molecule has 20 heavy (non-hydrogen) atoms. The number of halogens is 2. The molecule has 6 heteroatoms. The summed E-state index contributed by atoms with van der Waals surface area (Å²) in [6.07, 6.45) is 0. The molecule has 0 aliphatic heterocycles. The molecule has 0 aliphatic rings. The summed E-state index contributed by atoms with van der Waals surface area (Å²) in [6.45, 7) is 1.80.